The summed E-state index contributed by atoms with van der Waals surface area (Å²) in [6.07, 6.45) is -0.897. The summed E-state index contributed by atoms with van der Waals surface area (Å²) in [6, 6.07) is 37.6. The number of alkyl halides is 1. The fourth-order valence-electron chi connectivity index (χ4n) is 10.4. The van der Waals surface area contributed by atoms with Gasteiger partial charge in [-0.3, -0.25) is 14.6 Å². The normalized spacial score (nSPS) is 13.1. The van der Waals surface area contributed by atoms with E-state index in [1.54, 1.807) is 47.0 Å². The molecule has 2 amide bonds. The number of carbonyl (C=O) groups excluding carboxylic acids is 6. The largest absolute Gasteiger partial charge is 0.493 e. The van der Waals surface area contributed by atoms with Crippen LogP contribution in [-0.4, -0.2) is 163 Å². The van der Waals surface area contributed by atoms with Crippen molar-refractivity contribution in [1.82, 2.24) is 15.1 Å². The Labute approximate surface area is 579 Å². The summed E-state index contributed by atoms with van der Waals surface area (Å²) in [5.74, 6) is 0.602. The number of methoxy groups -OCH3 is 9. The van der Waals surface area contributed by atoms with E-state index in [1.165, 1.54) is 105 Å². The van der Waals surface area contributed by atoms with Gasteiger partial charge in [-0.25, -0.2) is 24.0 Å². The van der Waals surface area contributed by atoms with Crippen molar-refractivity contribution in [1.29, 1.82) is 0 Å². The second-order valence-corrected chi connectivity index (χ2v) is 22.7. The molecule has 25 heteroatoms. The lowest BCUT2D eigenvalue weighted by Gasteiger charge is -2.40. The summed E-state index contributed by atoms with van der Waals surface area (Å²) >= 11 is 5.86. The lowest BCUT2D eigenvalue weighted by molar-refractivity contribution is -0.170. The van der Waals surface area contributed by atoms with Gasteiger partial charge in [0.2, 0.25) is 23.5 Å². The van der Waals surface area contributed by atoms with E-state index in [2.05, 4.69) is 12.2 Å². The van der Waals surface area contributed by atoms with Crippen molar-refractivity contribution in [3.05, 3.63) is 161 Å². The first-order valence-corrected chi connectivity index (χ1v) is 31.8. The highest BCUT2D eigenvalue weighted by Gasteiger charge is 2.43. The molecule has 24 nitrogen and oxygen atoms in total. The molecular weight excluding hydrogens is 1290 g/mol. The Hall–Kier alpha value is -9.81. The van der Waals surface area contributed by atoms with E-state index >= 15 is 0 Å². The van der Waals surface area contributed by atoms with Gasteiger partial charge in [-0.1, -0.05) is 137 Å². The fourth-order valence-corrected chi connectivity index (χ4v) is 10.5. The Morgan fingerprint density at radius 2 is 0.714 bits per heavy atom. The van der Waals surface area contributed by atoms with E-state index in [9.17, 15) is 28.8 Å². The highest BCUT2D eigenvalue weighted by atomic mass is 35.5. The van der Waals surface area contributed by atoms with Crippen molar-refractivity contribution >= 4 is 47.7 Å². The number of rotatable bonds is 31. The van der Waals surface area contributed by atoms with Crippen LogP contribution in [0.5, 0.6) is 51.7 Å². The number of nitrogens with one attached hydrogen (secondary N) is 1. The SMILES string of the molecule is CC[C@@](COC(=O)c1cc(OC)c(OC)c(OC)c1)(c1ccccc1)N(C)C(=O)OC(C)Cl.CC[C@@](COC(=O)c1cc(OC)c(OC)c(OC)c1)(c1ccccc1)N(C)C(=O)OC(C)OC(=O)C(C)C.CC[C@](COC(=O)c1cc(OC)c(OC)c(OC)c1)(NC)c1ccccc1. The van der Waals surface area contributed by atoms with Gasteiger partial charge in [0.05, 0.1) is 92.1 Å². The number of nitrogens with zero attached hydrogens (tertiary/aromatic N) is 2. The predicted molar refractivity (Wildman–Crippen MR) is 368 cm³/mol. The zero-order chi connectivity index (χ0) is 72.9. The lowest BCUT2D eigenvalue weighted by atomic mass is 9.86. The van der Waals surface area contributed by atoms with Crippen molar-refractivity contribution < 1.29 is 99.8 Å². The number of hydrogen-bond donors (Lipinski definition) is 1. The molecule has 0 spiro atoms. The Kier molecular flexibility index (Phi) is 31.9. The number of likely N-dealkylation sites (N-methyl/N-ethyl adjacent to an activating group) is 3. The molecular formula is C73H94ClN3O21. The molecule has 98 heavy (non-hydrogen) atoms. The zero-order valence-corrected chi connectivity index (χ0v) is 60.2. The molecule has 534 valence electrons. The minimum atomic E-state index is -1.10. The minimum absolute atomic E-state index is 0.120. The predicted octanol–water partition coefficient (Wildman–Crippen LogP) is 13.0. The smallest absolute Gasteiger partial charge is 0.413 e. The van der Waals surface area contributed by atoms with Gasteiger partial charge in [0.25, 0.3) is 0 Å². The average Bonchev–Trinajstić information content (AvgIpc) is 0.798. The molecule has 0 heterocycles. The highest BCUT2D eigenvalue weighted by Crippen LogP contribution is 2.42. The third-order valence-electron chi connectivity index (χ3n) is 16.4. The van der Waals surface area contributed by atoms with Crippen LogP contribution in [-0.2, 0) is 49.8 Å². The first-order chi connectivity index (χ1) is 46.8. The molecule has 0 saturated heterocycles. The van der Waals surface area contributed by atoms with Crippen LogP contribution in [0.15, 0.2) is 127 Å². The van der Waals surface area contributed by atoms with Gasteiger partial charge in [0.1, 0.15) is 30.9 Å². The standard InChI is InChI=1S/C28H37NO9.C24H30ClNO7.C21H27NO5/c1-9-28(21-13-11-10-12-14-21,29(5)27(32)38-19(4)37-25(30)18(2)3)17-36-26(31)20-15-22(33-6)24(35-8)23(16-20)34-7;1-7-24(18-11-9-8-10-12-18,26(3)23(28)33-16(2)25)15-32-22(27)17-13-19(29-4)21(31-6)20(14-17)30-5;1-6-21(22-2,16-10-8-7-9-11-16)14-27-20(23)15-12-17(24-3)19(26-5)18(13-15)25-4/h10-16,18-19H,9,17H2,1-8H3;8-14,16H,7,15H2,1-6H3;7-13,22H,6,14H2,1-5H3/t19?,28-;16?,24-;21-/m111/s1. The quantitative estimate of drug-likeness (QED) is 0.0183. The van der Waals surface area contributed by atoms with Gasteiger partial charge < -0.3 is 76.4 Å². The van der Waals surface area contributed by atoms with Gasteiger partial charge in [0.15, 0.2) is 40.1 Å². The monoisotopic (exact) mass is 1380 g/mol. The molecule has 5 atom stereocenters. The third-order valence-corrected chi connectivity index (χ3v) is 16.4. The fraction of sp³-hybridized carbons (Fsp3) is 0.425. The number of benzene rings is 6. The molecule has 2 unspecified atom stereocenters. The van der Waals surface area contributed by atoms with Crippen molar-refractivity contribution in [2.24, 2.45) is 5.92 Å². The first-order valence-electron chi connectivity index (χ1n) is 31.3. The number of hydrogen-bond acceptors (Lipinski definition) is 22. The van der Waals surface area contributed by atoms with Crippen molar-refractivity contribution in [3.8, 4) is 51.7 Å². The topological polar surface area (TPSA) is 259 Å². The molecule has 6 aromatic carbocycles. The molecule has 0 fully saturated rings. The van der Waals surface area contributed by atoms with Crippen LogP contribution in [0.1, 0.15) is 115 Å². The van der Waals surface area contributed by atoms with E-state index in [-0.39, 0.29) is 36.9 Å². The van der Waals surface area contributed by atoms with Crippen molar-refractivity contribution in [2.75, 3.05) is 105 Å². The second kappa shape index (κ2) is 38.8. The maximum atomic E-state index is 13.2. The number of amides is 2. The van der Waals surface area contributed by atoms with Gasteiger partial charge >= 0.3 is 36.1 Å². The van der Waals surface area contributed by atoms with Crippen LogP contribution < -0.4 is 47.9 Å². The van der Waals surface area contributed by atoms with Gasteiger partial charge in [-0.2, -0.15) is 0 Å². The number of esters is 4. The Balaban J connectivity index is 0.000000317. The number of carbonyl (C=O) groups is 6. The summed E-state index contributed by atoms with van der Waals surface area (Å²) in [4.78, 5) is 79.4. The molecule has 0 saturated carbocycles. The van der Waals surface area contributed by atoms with E-state index in [0.717, 1.165) is 23.1 Å². The maximum Gasteiger partial charge on any atom is 0.413 e. The molecule has 0 aliphatic rings. The highest BCUT2D eigenvalue weighted by molar-refractivity contribution is 6.19. The number of ether oxygens (including phenoxy) is 15. The summed E-state index contributed by atoms with van der Waals surface area (Å²) in [5.41, 5.74) is -0.0510. The van der Waals surface area contributed by atoms with Crippen LogP contribution in [0.2, 0.25) is 0 Å². The lowest BCUT2D eigenvalue weighted by Crippen LogP contribution is -2.51. The Morgan fingerprint density at radius 1 is 0.418 bits per heavy atom. The Morgan fingerprint density at radius 3 is 0.969 bits per heavy atom. The van der Waals surface area contributed by atoms with Crippen LogP contribution >= 0.6 is 11.6 Å². The molecule has 6 rings (SSSR count). The summed E-state index contributed by atoms with van der Waals surface area (Å²) in [5, 5.41) is 3.31. The maximum absolute atomic E-state index is 13.2. The van der Waals surface area contributed by atoms with E-state index < -0.39 is 64.5 Å². The van der Waals surface area contributed by atoms with Crippen molar-refractivity contribution in [3.63, 3.8) is 0 Å². The minimum Gasteiger partial charge on any atom is -0.493 e. The number of halogens is 1. The Bertz CT molecular complexity index is 3460. The summed E-state index contributed by atoms with van der Waals surface area (Å²) in [6.45, 7) is 12.1. The molecule has 0 aliphatic heterocycles. The molecule has 0 bridgehead atoms. The second-order valence-electron chi connectivity index (χ2n) is 22.1. The van der Waals surface area contributed by atoms with Crippen molar-refractivity contribution in [2.45, 2.75) is 96.2 Å². The van der Waals surface area contributed by atoms with Crippen LogP contribution in [0.25, 0.3) is 0 Å². The van der Waals surface area contributed by atoms with Crippen LogP contribution in [0.3, 0.4) is 0 Å². The van der Waals surface area contributed by atoms with E-state index in [4.69, 9.17) is 82.7 Å². The third kappa shape index (κ3) is 20.1. The van der Waals surface area contributed by atoms with E-state index in [0.29, 0.717) is 70.2 Å². The summed E-state index contributed by atoms with van der Waals surface area (Å²) < 4.78 is 80.7. The van der Waals surface area contributed by atoms with Crippen LogP contribution in [0, 0.1) is 5.92 Å². The molecule has 0 radical (unpaired) electrons. The molecule has 0 aromatic heterocycles. The van der Waals surface area contributed by atoms with Gasteiger partial charge in [-0.05, 0) is 86.3 Å². The molecule has 0 aliphatic carbocycles. The molecule has 6 aromatic rings. The first kappa shape index (κ1) is 80.6. The summed E-state index contributed by atoms with van der Waals surface area (Å²) in [7, 11) is 18.3. The van der Waals surface area contributed by atoms with Gasteiger partial charge in [0, 0.05) is 21.0 Å². The zero-order valence-electron chi connectivity index (χ0n) is 59.4. The van der Waals surface area contributed by atoms with Gasteiger partial charge in [-0.15, -0.1) is 0 Å². The van der Waals surface area contributed by atoms with Crippen LogP contribution in [0.4, 0.5) is 9.59 Å². The molecule has 1 N–H and O–H groups in total. The average molecular weight is 1390 g/mol. The van der Waals surface area contributed by atoms with E-state index in [1.807, 2.05) is 112 Å².